The highest BCUT2D eigenvalue weighted by Crippen LogP contribution is 2.26. The highest BCUT2D eigenvalue weighted by Gasteiger charge is 2.23. The second-order valence-electron chi connectivity index (χ2n) is 6.43. The van der Waals surface area contributed by atoms with E-state index in [1.54, 1.807) is 24.3 Å². The number of carbonyl (C=O) groups excluding carboxylic acids is 1. The average Bonchev–Trinajstić information content (AvgIpc) is 3.18. The van der Waals surface area contributed by atoms with Crippen molar-refractivity contribution >= 4 is 37.6 Å². The lowest BCUT2D eigenvalue weighted by molar-refractivity contribution is 0.0596. The number of nitrogens with one attached hydrogen (secondary N) is 1. The molecule has 0 radical (unpaired) electrons. The van der Waals surface area contributed by atoms with Gasteiger partial charge in [0.05, 0.1) is 12.7 Å². The van der Waals surface area contributed by atoms with Gasteiger partial charge >= 0.3 is 5.97 Å². The fraction of sp³-hybridized carbons (Fsp3) is 0.211. The number of nitrogens with zero attached hydrogens (tertiary/aromatic N) is 2. The quantitative estimate of drug-likeness (QED) is 0.526. The Kier molecular flexibility index (Phi) is 6.04. The molecule has 29 heavy (non-hydrogen) atoms. The molecule has 10 heteroatoms. The van der Waals surface area contributed by atoms with Crippen LogP contribution in [0, 0.1) is 0 Å². The minimum absolute atomic E-state index is 0.0712. The number of ether oxygens (including phenoxy) is 1. The lowest BCUT2D eigenvalue weighted by Crippen LogP contribution is -2.17. The van der Waals surface area contributed by atoms with Gasteiger partial charge in [0.2, 0.25) is 0 Å². The van der Waals surface area contributed by atoms with Crippen LogP contribution in [0.5, 0.6) is 0 Å². The first-order chi connectivity index (χ1) is 13.7. The molecule has 2 aromatic carbocycles. The molecule has 0 unspecified atom stereocenters. The molecule has 0 atom stereocenters. The number of anilines is 1. The summed E-state index contributed by atoms with van der Waals surface area (Å²) in [7, 11) is -2.84. The SMILES string of the molecule is COC(=O)c1cc(Br)ccc1S(=O)(=O)Nc1ccc(-c2nc(C(C)C)no2)cc1. The average molecular weight is 480 g/mol. The van der Waals surface area contributed by atoms with E-state index in [0.717, 1.165) is 0 Å². The Hall–Kier alpha value is -2.72. The molecule has 152 valence electrons. The van der Waals surface area contributed by atoms with Gasteiger partial charge in [-0.05, 0) is 42.5 Å². The molecule has 0 spiro atoms. The molecule has 0 aliphatic heterocycles. The minimum atomic E-state index is -4.02. The van der Waals surface area contributed by atoms with Crippen molar-refractivity contribution < 1.29 is 22.5 Å². The maximum Gasteiger partial charge on any atom is 0.339 e. The van der Waals surface area contributed by atoms with E-state index in [1.165, 1.54) is 25.3 Å². The second kappa shape index (κ2) is 8.34. The smallest absolute Gasteiger partial charge is 0.339 e. The summed E-state index contributed by atoms with van der Waals surface area (Å²) in [4.78, 5) is 16.1. The van der Waals surface area contributed by atoms with Crippen LogP contribution in [0.3, 0.4) is 0 Å². The zero-order chi connectivity index (χ0) is 21.2. The number of sulfonamides is 1. The van der Waals surface area contributed by atoms with Crippen LogP contribution < -0.4 is 4.72 Å². The first kappa shape index (κ1) is 21.0. The number of esters is 1. The monoisotopic (exact) mass is 479 g/mol. The third-order valence-corrected chi connectivity index (χ3v) is 5.91. The van der Waals surface area contributed by atoms with Gasteiger partial charge in [-0.1, -0.05) is 34.9 Å². The van der Waals surface area contributed by atoms with E-state index in [0.29, 0.717) is 27.4 Å². The Morgan fingerprint density at radius 2 is 1.86 bits per heavy atom. The van der Waals surface area contributed by atoms with E-state index < -0.39 is 16.0 Å². The van der Waals surface area contributed by atoms with Crippen molar-refractivity contribution in [3.05, 3.63) is 58.3 Å². The summed E-state index contributed by atoms with van der Waals surface area (Å²) in [6.45, 7) is 3.91. The lowest BCUT2D eigenvalue weighted by atomic mass is 10.2. The molecule has 1 N–H and O–H groups in total. The van der Waals surface area contributed by atoms with Crippen LogP contribution in [0.25, 0.3) is 11.5 Å². The summed E-state index contributed by atoms with van der Waals surface area (Å²) in [6, 6.07) is 10.7. The summed E-state index contributed by atoms with van der Waals surface area (Å²) in [5.74, 6) is 0.326. The van der Waals surface area contributed by atoms with Crippen LogP contribution in [0.15, 0.2) is 56.4 Å². The van der Waals surface area contributed by atoms with E-state index in [1.807, 2.05) is 13.8 Å². The molecule has 0 saturated heterocycles. The van der Waals surface area contributed by atoms with Crippen LogP contribution in [0.4, 0.5) is 5.69 Å². The van der Waals surface area contributed by atoms with Gasteiger partial charge in [0, 0.05) is 21.6 Å². The predicted octanol–water partition coefficient (Wildman–Crippen LogP) is 4.21. The van der Waals surface area contributed by atoms with Gasteiger partial charge in [-0.15, -0.1) is 0 Å². The van der Waals surface area contributed by atoms with Crippen LogP contribution in [-0.2, 0) is 14.8 Å². The van der Waals surface area contributed by atoms with Gasteiger partial charge in [0.25, 0.3) is 15.9 Å². The van der Waals surface area contributed by atoms with Crippen molar-refractivity contribution in [3.63, 3.8) is 0 Å². The topological polar surface area (TPSA) is 111 Å². The number of rotatable bonds is 6. The molecule has 0 aliphatic carbocycles. The third kappa shape index (κ3) is 4.65. The van der Waals surface area contributed by atoms with E-state index in [4.69, 9.17) is 4.52 Å². The Bertz CT molecular complexity index is 1140. The Morgan fingerprint density at radius 1 is 1.17 bits per heavy atom. The standard InChI is InChI=1S/C19H18BrN3O5S/c1-11(2)17-21-18(28-22-17)12-4-7-14(8-5-12)23-29(25,26)16-9-6-13(20)10-15(16)19(24)27-3/h4-11,23H,1-3H3. The Morgan fingerprint density at radius 3 is 2.45 bits per heavy atom. The summed E-state index contributed by atoms with van der Waals surface area (Å²) in [5.41, 5.74) is 0.903. The zero-order valence-electron chi connectivity index (χ0n) is 15.8. The molecule has 1 aromatic heterocycles. The van der Waals surface area contributed by atoms with Crippen molar-refractivity contribution in [3.8, 4) is 11.5 Å². The van der Waals surface area contributed by atoms with Crippen LogP contribution in [0.1, 0.15) is 35.9 Å². The lowest BCUT2D eigenvalue weighted by Gasteiger charge is -2.12. The van der Waals surface area contributed by atoms with Crippen molar-refractivity contribution in [2.45, 2.75) is 24.7 Å². The molecular formula is C19H18BrN3O5S. The van der Waals surface area contributed by atoms with Crippen LogP contribution in [-0.4, -0.2) is 31.6 Å². The normalized spacial score (nSPS) is 11.5. The molecule has 3 rings (SSSR count). The molecule has 0 fully saturated rings. The van der Waals surface area contributed by atoms with Gasteiger partial charge in [-0.2, -0.15) is 4.98 Å². The van der Waals surface area contributed by atoms with Crippen LogP contribution >= 0.6 is 15.9 Å². The molecular weight excluding hydrogens is 462 g/mol. The van der Waals surface area contributed by atoms with E-state index in [9.17, 15) is 13.2 Å². The number of benzene rings is 2. The van der Waals surface area contributed by atoms with E-state index in [2.05, 4.69) is 35.5 Å². The van der Waals surface area contributed by atoms with Gasteiger partial charge in [-0.25, -0.2) is 13.2 Å². The first-order valence-electron chi connectivity index (χ1n) is 8.56. The highest BCUT2D eigenvalue weighted by atomic mass is 79.9. The fourth-order valence-electron chi connectivity index (χ4n) is 2.48. The van der Waals surface area contributed by atoms with E-state index >= 15 is 0 Å². The molecule has 0 aliphatic rings. The zero-order valence-corrected chi connectivity index (χ0v) is 18.2. The first-order valence-corrected chi connectivity index (χ1v) is 10.8. The number of hydrogen-bond donors (Lipinski definition) is 1. The van der Waals surface area contributed by atoms with Crippen molar-refractivity contribution in [2.24, 2.45) is 0 Å². The van der Waals surface area contributed by atoms with Crippen molar-refractivity contribution in [1.82, 2.24) is 10.1 Å². The molecule has 3 aromatic rings. The minimum Gasteiger partial charge on any atom is -0.465 e. The molecule has 0 saturated carbocycles. The summed E-state index contributed by atoms with van der Waals surface area (Å²) in [5, 5.41) is 3.91. The van der Waals surface area contributed by atoms with Gasteiger partial charge in [0.1, 0.15) is 4.90 Å². The number of carbonyl (C=O) groups is 1. The van der Waals surface area contributed by atoms with Gasteiger partial charge in [0.15, 0.2) is 5.82 Å². The number of hydrogen-bond acceptors (Lipinski definition) is 7. The van der Waals surface area contributed by atoms with E-state index in [-0.39, 0.29) is 16.4 Å². The second-order valence-corrected chi connectivity index (χ2v) is 8.99. The molecule has 1 heterocycles. The van der Waals surface area contributed by atoms with Gasteiger partial charge < -0.3 is 9.26 Å². The van der Waals surface area contributed by atoms with Gasteiger partial charge in [-0.3, -0.25) is 4.72 Å². The number of aromatic nitrogens is 2. The highest BCUT2D eigenvalue weighted by molar-refractivity contribution is 9.10. The largest absolute Gasteiger partial charge is 0.465 e. The Labute approximate surface area is 176 Å². The fourth-order valence-corrected chi connectivity index (χ4v) is 4.08. The molecule has 8 nitrogen and oxygen atoms in total. The summed E-state index contributed by atoms with van der Waals surface area (Å²) < 4.78 is 38.6. The molecule has 0 bridgehead atoms. The Balaban J connectivity index is 1.87. The maximum absolute atomic E-state index is 12.8. The summed E-state index contributed by atoms with van der Waals surface area (Å²) >= 11 is 3.23. The van der Waals surface area contributed by atoms with Crippen molar-refractivity contribution in [2.75, 3.05) is 11.8 Å². The summed E-state index contributed by atoms with van der Waals surface area (Å²) in [6.07, 6.45) is 0. The maximum atomic E-state index is 12.8. The number of halogens is 1. The third-order valence-electron chi connectivity index (χ3n) is 3.98. The van der Waals surface area contributed by atoms with Crippen LogP contribution in [0.2, 0.25) is 0 Å². The number of methoxy groups -OCH3 is 1. The van der Waals surface area contributed by atoms with Crippen molar-refractivity contribution in [1.29, 1.82) is 0 Å². The molecule has 0 amide bonds. The predicted molar refractivity (Wildman–Crippen MR) is 110 cm³/mol.